The smallest absolute Gasteiger partial charge is 0.257 e. The monoisotopic (exact) mass is 331 g/mol. The Labute approximate surface area is 140 Å². The number of nitrogens with zero attached hydrogens (tertiary/aromatic N) is 3. The Balaban J connectivity index is 1.53. The van der Waals surface area contributed by atoms with Gasteiger partial charge < -0.3 is 9.80 Å². The summed E-state index contributed by atoms with van der Waals surface area (Å²) in [4.78, 5) is 32.9. The van der Waals surface area contributed by atoms with Crippen molar-refractivity contribution in [2.24, 2.45) is 11.8 Å². The number of piperidine rings is 1. The molecule has 0 N–H and O–H groups in total. The summed E-state index contributed by atoms with van der Waals surface area (Å²) < 4.78 is 13.9. The second-order valence-electron chi connectivity index (χ2n) is 7.28. The highest BCUT2D eigenvalue weighted by Gasteiger charge is 2.41. The van der Waals surface area contributed by atoms with E-state index >= 15 is 0 Å². The summed E-state index contributed by atoms with van der Waals surface area (Å²) in [6.07, 6.45) is 7.57. The molecule has 4 heterocycles. The van der Waals surface area contributed by atoms with Crippen molar-refractivity contribution in [1.82, 2.24) is 14.8 Å². The zero-order valence-electron chi connectivity index (χ0n) is 13.7. The molecule has 3 aliphatic heterocycles. The Kier molecular flexibility index (Phi) is 3.98. The van der Waals surface area contributed by atoms with Gasteiger partial charge in [-0.3, -0.25) is 14.6 Å². The first-order valence-corrected chi connectivity index (χ1v) is 8.82. The van der Waals surface area contributed by atoms with E-state index in [9.17, 15) is 14.0 Å². The van der Waals surface area contributed by atoms with Crippen molar-refractivity contribution in [3.63, 3.8) is 0 Å². The van der Waals surface area contributed by atoms with Gasteiger partial charge in [-0.25, -0.2) is 4.39 Å². The third-order valence-corrected chi connectivity index (χ3v) is 5.74. The predicted molar refractivity (Wildman–Crippen MR) is 85.7 cm³/mol. The van der Waals surface area contributed by atoms with E-state index in [0.717, 1.165) is 44.8 Å². The van der Waals surface area contributed by atoms with Crippen LogP contribution in [0, 0.1) is 17.7 Å². The van der Waals surface area contributed by atoms with E-state index in [1.807, 2.05) is 4.90 Å². The number of rotatable bonds is 2. The lowest BCUT2D eigenvalue weighted by atomic mass is 9.84. The minimum atomic E-state index is -0.579. The summed E-state index contributed by atoms with van der Waals surface area (Å²) >= 11 is 0. The van der Waals surface area contributed by atoms with Crippen LogP contribution in [0.2, 0.25) is 0 Å². The molecule has 0 unspecified atom stereocenters. The molecule has 1 aromatic rings. The first kappa shape index (κ1) is 15.5. The lowest BCUT2D eigenvalue weighted by Gasteiger charge is -2.36. The van der Waals surface area contributed by atoms with Gasteiger partial charge in [-0.15, -0.1) is 0 Å². The average molecular weight is 331 g/mol. The summed E-state index contributed by atoms with van der Waals surface area (Å²) in [6.45, 7) is 1.93. The zero-order valence-corrected chi connectivity index (χ0v) is 13.7. The van der Waals surface area contributed by atoms with E-state index in [4.69, 9.17) is 0 Å². The van der Waals surface area contributed by atoms with E-state index in [1.54, 1.807) is 4.90 Å². The molecule has 2 amide bonds. The lowest BCUT2D eigenvalue weighted by molar-refractivity contribution is -0.138. The van der Waals surface area contributed by atoms with Crippen LogP contribution in [-0.4, -0.2) is 52.3 Å². The van der Waals surface area contributed by atoms with Gasteiger partial charge in [0.25, 0.3) is 5.91 Å². The van der Waals surface area contributed by atoms with Gasteiger partial charge in [0.1, 0.15) is 0 Å². The van der Waals surface area contributed by atoms with Crippen molar-refractivity contribution in [3.05, 3.63) is 29.8 Å². The van der Waals surface area contributed by atoms with E-state index in [2.05, 4.69) is 4.98 Å². The summed E-state index contributed by atoms with van der Waals surface area (Å²) in [5, 5.41) is 0. The van der Waals surface area contributed by atoms with E-state index in [0.29, 0.717) is 19.0 Å². The predicted octanol–water partition coefficient (Wildman–Crippen LogP) is 2.08. The van der Waals surface area contributed by atoms with Gasteiger partial charge in [0.2, 0.25) is 5.91 Å². The first-order chi connectivity index (χ1) is 11.6. The van der Waals surface area contributed by atoms with Crippen molar-refractivity contribution < 1.29 is 14.0 Å². The molecule has 1 aliphatic carbocycles. The van der Waals surface area contributed by atoms with E-state index < -0.39 is 5.82 Å². The molecule has 5 nitrogen and oxygen atoms in total. The SMILES string of the molecule is O=C(C1CCC1)N1C[C@@H]2CC[C@H](C1)N(C(=O)c1ccncc1F)C2. The van der Waals surface area contributed by atoms with Crippen LogP contribution in [0.5, 0.6) is 0 Å². The Bertz CT molecular complexity index is 661. The summed E-state index contributed by atoms with van der Waals surface area (Å²) in [6, 6.07) is 1.43. The maximum absolute atomic E-state index is 13.9. The molecule has 4 aliphatic rings. The Morgan fingerprint density at radius 2 is 1.96 bits per heavy atom. The lowest BCUT2D eigenvalue weighted by Crippen LogP contribution is -2.48. The summed E-state index contributed by atoms with van der Waals surface area (Å²) in [7, 11) is 0. The zero-order chi connectivity index (χ0) is 16.7. The van der Waals surface area contributed by atoms with Gasteiger partial charge >= 0.3 is 0 Å². The molecule has 24 heavy (non-hydrogen) atoms. The number of hydrogen-bond donors (Lipinski definition) is 0. The summed E-state index contributed by atoms with van der Waals surface area (Å²) in [5.74, 6) is -0.124. The van der Waals surface area contributed by atoms with Gasteiger partial charge in [0.15, 0.2) is 5.82 Å². The molecule has 1 aromatic heterocycles. The quantitative estimate of drug-likeness (QED) is 0.834. The molecule has 3 saturated heterocycles. The number of carbonyl (C=O) groups excluding carboxylic acids is 2. The highest BCUT2D eigenvalue weighted by atomic mass is 19.1. The average Bonchev–Trinajstić information content (AvgIpc) is 2.85. The van der Waals surface area contributed by atoms with E-state index in [-0.39, 0.29) is 29.3 Å². The van der Waals surface area contributed by atoms with Crippen LogP contribution in [0.4, 0.5) is 4.39 Å². The number of halogens is 1. The summed E-state index contributed by atoms with van der Waals surface area (Å²) in [5.41, 5.74) is 0.0782. The minimum absolute atomic E-state index is 0.00663. The topological polar surface area (TPSA) is 53.5 Å². The van der Waals surface area contributed by atoms with Crippen molar-refractivity contribution >= 4 is 11.8 Å². The van der Waals surface area contributed by atoms with Crippen LogP contribution in [0.25, 0.3) is 0 Å². The van der Waals surface area contributed by atoms with Crippen LogP contribution in [0.3, 0.4) is 0 Å². The fourth-order valence-corrected chi connectivity index (χ4v) is 4.13. The molecular weight excluding hydrogens is 309 g/mol. The second-order valence-corrected chi connectivity index (χ2v) is 7.28. The van der Waals surface area contributed by atoms with Crippen molar-refractivity contribution in [2.45, 2.75) is 38.1 Å². The standard InChI is InChI=1S/C18H22FN3O2/c19-16-8-20-7-6-15(16)18(24)22-10-12-4-5-14(22)11-21(9-12)17(23)13-2-1-3-13/h6-8,12-14H,1-5,9-11H2/t12-,14+/m0/s1. The van der Waals surface area contributed by atoms with Crippen molar-refractivity contribution in [1.29, 1.82) is 0 Å². The van der Waals surface area contributed by atoms with Crippen molar-refractivity contribution in [2.75, 3.05) is 19.6 Å². The molecule has 2 atom stereocenters. The molecular formula is C18H22FN3O2. The first-order valence-electron chi connectivity index (χ1n) is 8.82. The minimum Gasteiger partial charge on any atom is -0.340 e. The maximum Gasteiger partial charge on any atom is 0.257 e. The fourth-order valence-electron chi connectivity index (χ4n) is 4.13. The van der Waals surface area contributed by atoms with Gasteiger partial charge in [0, 0.05) is 37.8 Å². The Morgan fingerprint density at radius 1 is 1.12 bits per heavy atom. The van der Waals surface area contributed by atoms with Crippen LogP contribution in [0.1, 0.15) is 42.5 Å². The molecule has 6 heteroatoms. The maximum atomic E-state index is 13.9. The molecule has 0 spiro atoms. The molecule has 128 valence electrons. The molecule has 0 radical (unpaired) electrons. The molecule has 5 rings (SSSR count). The van der Waals surface area contributed by atoms with Crippen LogP contribution >= 0.6 is 0 Å². The molecule has 4 fully saturated rings. The fraction of sp³-hybridized carbons (Fsp3) is 0.611. The second kappa shape index (κ2) is 6.15. The third kappa shape index (κ3) is 2.68. The largest absolute Gasteiger partial charge is 0.340 e. The number of amides is 2. The number of fused-ring (bicyclic) bond motifs is 4. The van der Waals surface area contributed by atoms with Crippen LogP contribution in [-0.2, 0) is 4.79 Å². The number of carbonyl (C=O) groups is 2. The van der Waals surface area contributed by atoms with Gasteiger partial charge in [-0.2, -0.15) is 0 Å². The molecule has 0 aromatic carbocycles. The molecule has 1 saturated carbocycles. The van der Waals surface area contributed by atoms with Crippen LogP contribution < -0.4 is 0 Å². The highest BCUT2D eigenvalue weighted by Crippen LogP contribution is 2.33. The Morgan fingerprint density at radius 3 is 2.67 bits per heavy atom. The number of hydrogen-bond acceptors (Lipinski definition) is 3. The van der Waals surface area contributed by atoms with Gasteiger partial charge in [-0.05, 0) is 37.7 Å². The Hall–Kier alpha value is -1.98. The molecule has 2 bridgehead atoms. The highest BCUT2D eigenvalue weighted by molar-refractivity contribution is 5.94. The number of pyridine rings is 1. The van der Waals surface area contributed by atoms with Crippen LogP contribution in [0.15, 0.2) is 18.5 Å². The van der Waals surface area contributed by atoms with Crippen molar-refractivity contribution in [3.8, 4) is 0 Å². The normalized spacial score (nSPS) is 26.9. The van der Waals surface area contributed by atoms with E-state index in [1.165, 1.54) is 12.3 Å². The number of aromatic nitrogens is 1. The third-order valence-electron chi connectivity index (χ3n) is 5.74. The van der Waals surface area contributed by atoms with Gasteiger partial charge in [0.05, 0.1) is 11.8 Å². The van der Waals surface area contributed by atoms with Gasteiger partial charge in [-0.1, -0.05) is 6.42 Å².